The van der Waals surface area contributed by atoms with Gasteiger partial charge in [0.25, 0.3) is 0 Å². The van der Waals surface area contributed by atoms with Gasteiger partial charge in [-0.1, -0.05) is 20.8 Å². The maximum Gasteiger partial charge on any atom is 0.223 e. The van der Waals surface area contributed by atoms with E-state index in [1.807, 2.05) is 11.9 Å². The molecular formula is C13H26N2O. The number of hydrogen-bond donors (Lipinski definition) is 0. The normalized spacial score (nSPS) is 20.0. The van der Waals surface area contributed by atoms with E-state index >= 15 is 0 Å². The van der Waals surface area contributed by atoms with Crippen molar-refractivity contribution in [2.24, 2.45) is 5.41 Å². The quantitative estimate of drug-likeness (QED) is 0.734. The Bertz CT molecular complexity index is 233. The minimum absolute atomic E-state index is 0.290. The van der Waals surface area contributed by atoms with Gasteiger partial charge in [-0.05, 0) is 24.8 Å². The summed E-state index contributed by atoms with van der Waals surface area (Å²) in [6.07, 6.45) is 3.18. The van der Waals surface area contributed by atoms with E-state index in [4.69, 9.17) is 0 Å². The number of rotatable bonds is 3. The van der Waals surface area contributed by atoms with Crippen LogP contribution in [-0.4, -0.2) is 48.9 Å². The molecule has 0 N–H and O–H groups in total. The first-order chi connectivity index (χ1) is 7.38. The molecule has 1 rings (SSSR count). The smallest absolute Gasteiger partial charge is 0.223 e. The number of nitrogens with zero attached hydrogens (tertiary/aromatic N) is 2. The van der Waals surface area contributed by atoms with Crippen molar-refractivity contribution in [3.05, 3.63) is 0 Å². The molecule has 0 spiro atoms. The second kappa shape index (κ2) is 5.67. The van der Waals surface area contributed by atoms with E-state index in [1.165, 1.54) is 12.8 Å². The Kier molecular flexibility index (Phi) is 4.78. The lowest BCUT2D eigenvalue weighted by Crippen LogP contribution is -2.31. The van der Waals surface area contributed by atoms with E-state index in [0.29, 0.717) is 17.7 Å². The van der Waals surface area contributed by atoms with Gasteiger partial charge in [0, 0.05) is 33.1 Å². The number of carbonyl (C=O) groups excluding carboxylic acids is 1. The molecule has 94 valence electrons. The highest BCUT2D eigenvalue weighted by Gasteiger charge is 2.18. The molecule has 0 aliphatic carbocycles. The van der Waals surface area contributed by atoms with E-state index < -0.39 is 0 Å². The van der Waals surface area contributed by atoms with Crippen LogP contribution in [0.4, 0.5) is 0 Å². The van der Waals surface area contributed by atoms with Gasteiger partial charge in [-0.15, -0.1) is 0 Å². The first kappa shape index (κ1) is 13.5. The maximum absolute atomic E-state index is 11.5. The molecule has 1 saturated heterocycles. The van der Waals surface area contributed by atoms with E-state index in [9.17, 15) is 4.79 Å². The zero-order chi connectivity index (χ0) is 12.2. The fourth-order valence-corrected chi connectivity index (χ4v) is 2.03. The van der Waals surface area contributed by atoms with Gasteiger partial charge in [0.05, 0.1) is 0 Å². The van der Waals surface area contributed by atoms with Crippen LogP contribution in [0.15, 0.2) is 0 Å². The van der Waals surface area contributed by atoms with Gasteiger partial charge < -0.3 is 9.80 Å². The van der Waals surface area contributed by atoms with Gasteiger partial charge in [0.15, 0.2) is 0 Å². The van der Waals surface area contributed by atoms with E-state index in [0.717, 1.165) is 26.2 Å². The molecule has 0 unspecified atom stereocenters. The largest absolute Gasteiger partial charge is 0.344 e. The second-order valence-corrected chi connectivity index (χ2v) is 6.07. The van der Waals surface area contributed by atoms with Crippen LogP contribution < -0.4 is 0 Å². The van der Waals surface area contributed by atoms with Crippen molar-refractivity contribution in [2.75, 3.05) is 33.2 Å². The van der Waals surface area contributed by atoms with E-state index in [1.54, 1.807) is 0 Å². The number of hydrogen-bond acceptors (Lipinski definition) is 2. The Labute approximate surface area is 99.8 Å². The monoisotopic (exact) mass is 226 g/mol. The molecule has 3 nitrogen and oxygen atoms in total. The van der Waals surface area contributed by atoms with Crippen LogP contribution in [0.25, 0.3) is 0 Å². The average molecular weight is 226 g/mol. The first-order valence-corrected chi connectivity index (χ1v) is 6.35. The van der Waals surface area contributed by atoms with Gasteiger partial charge in [-0.25, -0.2) is 0 Å². The van der Waals surface area contributed by atoms with Crippen LogP contribution in [0.5, 0.6) is 0 Å². The molecule has 0 atom stereocenters. The molecule has 1 amide bonds. The van der Waals surface area contributed by atoms with Gasteiger partial charge in [-0.2, -0.15) is 0 Å². The molecular weight excluding hydrogens is 200 g/mol. The van der Waals surface area contributed by atoms with Gasteiger partial charge in [0.2, 0.25) is 5.91 Å². The van der Waals surface area contributed by atoms with Crippen LogP contribution in [-0.2, 0) is 4.79 Å². The van der Waals surface area contributed by atoms with Crippen LogP contribution in [0.3, 0.4) is 0 Å². The highest BCUT2D eigenvalue weighted by atomic mass is 16.2. The van der Waals surface area contributed by atoms with Gasteiger partial charge >= 0.3 is 0 Å². The van der Waals surface area contributed by atoms with E-state index in [2.05, 4.69) is 25.7 Å². The number of amides is 1. The summed E-state index contributed by atoms with van der Waals surface area (Å²) in [7, 11) is 1.90. The Morgan fingerprint density at radius 3 is 2.50 bits per heavy atom. The first-order valence-electron chi connectivity index (χ1n) is 6.35. The van der Waals surface area contributed by atoms with Gasteiger partial charge in [0.1, 0.15) is 0 Å². The molecule has 0 aromatic rings. The summed E-state index contributed by atoms with van der Waals surface area (Å²) in [4.78, 5) is 15.8. The summed E-state index contributed by atoms with van der Waals surface area (Å²) in [5, 5.41) is 0. The zero-order valence-electron chi connectivity index (χ0n) is 11.3. The van der Waals surface area contributed by atoms with Crippen molar-refractivity contribution in [2.45, 2.75) is 40.0 Å². The molecule has 1 aliphatic rings. The molecule has 3 heteroatoms. The molecule has 16 heavy (non-hydrogen) atoms. The summed E-state index contributed by atoms with van der Waals surface area (Å²) < 4.78 is 0. The van der Waals surface area contributed by atoms with Crippen molar-refractivity contribution >= 4 is 5.91 Å². The van der Waals surface area contributed by atoms with Crippen molar-refractivity contribution in [3.63, 3.8) is 0 Å². The molecule has 0 saturated carbocycles. The Morgan fingerprint density at radius 2 is 1.88 bits per heavy atom. The summed E-state index contributed by atoms with van der Waals surface area (Å²) in [5.74, 6) is 0.290. The van der Waals surface area contributed by atoms with Crippen LogP contribution in [0, 0.1) is 5.41 Å². The predicted octanol–water partition coefficient (Wildman–Crippen LogP) is 1.98. The third-order valence-corrected chi connectivity index (χ3v) is 3.22. The molecule has 1 heterocycles. The van der Waals surface area contributed by atoms with Crippen LogP contribution in [0.1, 0.15) is 40.0 Å². The standard InChI is InChI=1S/C13H26N2O/c1-13(2,3)7-5-8-15-9-6-12(16)14(4)10-11-15/h5-11H2,1-4H3. The van der Waals surface area contributed by atoms with Crippen molar-refractivity contribution in [1.82, 2.24) is 9.80 Å². The molecule has 0 bridgehead atoms. The second-order valence-electron chi connectivity index (χ2n) is 6.07. The fourth-order valence-electron chi connectivity index (χ4n) is 2.03. The minimum Gasteiger partial charge on any atom is -0.344 e. The Hall–Kier alpha value is -0.570. The molecule has 0 aromatic carbocycles. The summed E-state index contributed by atoms with van der Waals surface area (Å²) in [5.41, 5.74) is 0.429. The summed E-state index contributed by atoms with van der Waals surface area (Å²) in [6.45, 7) is 10.8. The zero-order valence-corrected chi connectivity index (χ0v) is 11.3. The average Bonchev–Trinajstić information content (AvgIpc) is 2.31. The highest BCUT2D eigenvalue weighted by Crippen LogP contribution is 2.20. The lowest BCUT2D eigenvalue weighted by atomic mass is 9.90. The van der Waals surface area contributed by atoms with Crippen molar-refractivity contribution in [1.29, 1.82) is 0 Å². The molecule has 0 aromatic heterocycles. The minimum atomic E-state index is 0.290. The predicted molar refractivity (Wildman–Crippen MR) is 67.4 cm³/mol. The van der Waals surface area contributed by atoms with Crippen LogP contribution >= 0.6 is 0 Å². The van der Waals surface area contributed by atoms with Crippen LogP contribution in [0.2, 0.25) is 0 Å². The third-order valence-electron chi connectivity index (χ3n) is 3.22. The SMILES string of the molecule is CN1CCN(CCCC(C)(C)C)CCC1=O. The number of carbonyl (C=O) groups is 1. The van der Waals surface area contributed by atoms with E-state index in [-0.39, 0.29) is 0 Å². The fraction of sp³-hybridized carbons (Fsp3) is 0.923. The molecule has 1 aliphatic heterocycles. The summed E-state index contributed by atoms with van der Waals surface area (Å²) >= 11 is 0. The van der Waals surface area contributed by atoms with Crippen molar-refractivity contribution < 1.29 is 4.79 Å². The topological polar surface area (TPSA) is 23.6 Å². The van der Waals surface area contributed by atoms with Gasteiger partial charge in [-0.3, -0.25) is 4.79 Å². The Balaban J connectivity index is 2.25. The molecule has 1 fully saturated rings. The summed E-state index contributed by atoms with van der Waals surface area (Å²) in [6, 6.07) is 0. The molecule has 0 radical (unpaired) electrons. The highest BCUT2D eigenvalue weighted by molar-refractivity contribution is 5.76. The maximum atomic E-state index is 11.5. The number of likely N-dealkylation sites (N-methyl/N-ethyl adjacent to an activating group) is 1. The Morgan fingerprint density at radius 1 is 1.19 bits per heavy atom. The third kappa shape index (κ3) is 4.97. The lowest BCUT2D eigenvalue weighted by molar-refractivity contribution is -0.129. The van der Waals surface area contributed by atoms with Crippen molar-refractivity contribution in [3.8, 4) is 0 Å². The lowest BCUT2D eigenvalue weighted by Gasteiger charge is -2.23.